The summed E-state index contributed by atoms with van der Waals surface area (Å²) in [5, 5.41) is 8.46. The highest BCUT2D eigenvalue weighted by Crippen LogP contribution is 2.40. The monoisotopic (exact) mass is 534 g/mol. The minimum atomic E-state index is -0.0491. The lowest BCUT2D eigenvalue weighted by molar-refractivity contribution is -0.127. The fourth-order valence-electron chi connectivity index (χ4n) is 5.31. The highest BCUT2D eigenvalue weighted by Gasteiger charge is 2.34. The Morgan fingerprint density at radius 2 is 2.05 bits per heavy atom. The van der Waals surface area contributed by atoms with Gasteiger partial charge in [-0.2, -0.15) is 5.10 Å². The van der Waals surface area contributed by atoms with Gasteiger partial charge in [-0.05, 0) is 48.9 Å². The van der Waals surface area contributed by atoms with E-state index in [4.69, 9.17) is 9.47 Å². The number of hydrogen-bond donors (Lipinski definition) is 1. The highest BCUT2D eigenvalue weighted by molar-refractivity contribution is 5.95. The number of hydrogen-bond acceptors (Lipinski definition) is 9. The molecule has 200 valence electrons. The van der Waals surface area contributed by atoms with Gasteiger partial charge in [0, 0.05) is 49.0 Å². The molecule has 2 aliphatic rings. The molecule has 0 radical (unpaired) electrons. The number of aromatic nitrogens is 5. The van der Waals surface area contributed by atoms with E-state index in [1.165, 1.54) is 12.4 Å². The first-order valence-corrected chi connectivity index (χ1v) is 13.0. The average Bonchev–Trinajstić information content (AvgIpc) is 3.45. The molecule has 1 saturated heterocycles. The maximum absolute atomic E-state index is 12.2. The molecule has 1 atom stereocenters. The molecule has 0 bridgehead atoms. The van der Waals surface area contributed by atoms with Gasteiger partial charge in [-0.3, -0.25) is 4.79 Å². The summed E-state index contributed by atoms with van der Waals surface area (Å²) < 4.78 is 13.9. The molecule has 1 N–H and O–H groups in total. The number of nitrogens with one attached hydrogen (secondary N) is 1. The predicted molar refractivity (Wildman–Crippen MR) is 150 cm³/mol. The van der Waals surface area contributed by atoms with Crippen molar-refractivity contribution in [2.75, 3.05) is 36.5 Å². The van der Waals surface area contributed by atoms with Crippen LogP contribution in [0.1, 0.15) is 5.56 Å². The Bertz CT molecular complexity index is 1780. The van der Waals surface area contributed by atoms with Crippen molar-refractivity contribution in [1.29, 1.82) is 0 Å². The molecule has 11 heteroatoms. The summed E-state index contributed by atoms with van der Waals surface area (Å²) in [6.07, 6.45) is 6.24. The largest absolute Gasteiger partial charge is 0.489 e. The Morgan fingerprint density at radius 1 is 1.12 bits per heavy atom. The summed E-state index contributed by atoms with van der Waals surface area (Å²) in [4.78, 5) is 29.6. The Labute approximate surface area is 229 Å². The van der Waals surface area contributed by atoms with Crippen LogP contribution in [0.4, 0.5) is 17.2 Å². The lowest BCUT2D eigenvalue weighted by Gasteiger charge is -2.45. The molecule has 2 aromatic carbocycles. The van der Waals surface area contributed by atoms with Crippen molar-refractivity contribution in [3.63, 3.8) is 0 Å². The standard InChI is InChI=1S/C29H26N8O3/c1-3-28(38)35-8-9-36-20(14-35)15-39-26-13-23-22(12-24(26)36)29(32-16-30-23)34-19-4-5-25(18(2)10-19)40-21-6-7-37-27(11-21)31-17-33-37/h3-7,10-13,16-17,20H,1,8-9,14-15H2,2H3,(H,30,32,34)/t20-/m0/s1. The van der Waals surface area contributed by atoms with E-state index in [9.17, 15) is 4.79 Å². The first-order valence-electron chi connectivity index (χ1n) is 13.0. The SMILES string of the molecule is C=CC(=O)N1CCN2c3cc4c(Nc5ccc(Oc6ccn7ncnc7c6)c(C)c5)ncnc4cc3OC[C@@H]2C1. The van der Waals surface area contributed by atoms with Crippen LogP contribution in [0.5, 0.6) is 17.2 Å². The number of carbonyl (C=O) groups is 1. The van der Waals surface area contributed by atoms with Gasteiger partial charge in [0.25, 0.3) is 0 Å². The molecule has 1 fully saturated rings. The molecule has 0 aliphatic carbocycles. The van der Waals surface area contributed by atoms with Crippen LogP contribution in [0.3, 0.4) is 0 Å². The van der Waals surface area contributed by atoms with Crippen molar-refractivity contribution in [3.8, 4) is 17.2 Å². The fourth-order valence-corrected chi connectivity index (χ4v) is 5.31. The van der Waals surface area contributed by atoms with E-state index in [-0.39, 0.29) is 11.9 Å². The van der Waals surface area contributed by atoms with Gasteiger partial charge >= 0.3 is 0 Å². The number of ether oxygens (including phenoxy) is 2. The maximum atomic E-state index is 12.2. The third-order valence-electron chi connectivity index (χ3n) is 7.34. The predicted octanol–water partition coefficient (Wildman–Crippen LogP) is 4.11. The second-order valence-electron chi connectivity index (χ2n) is 9.84. The van der Waals surface area contributed by atoms with E-state index in [0.29, 0.717) is 37.8 Å². The summed E-state index contributed by atoms with van der Waals surface area (Å²) in [5.41, 5.74) is 4.33. The summed E-state index contributed by atoms with van der Waals surface area (Å²) >= 11 is 0. The minimum Gasteiger partial charge on any atom is -0.489 e. The number of amides is 1. The molecule has 3 aromatic heterocycles. The number of pyridine rings is 1. The van der Waals surface area contributed by atoms with Crippen molar-refractivity contribution in [3.05, 3.63) is 79.5 Å². The Kier molecular flexibility index (Phi) is 5.69. The molecule has 0 unspecified atom stereocenters. The quantitative estimate of drug-likeness (QED) is 0.333. The van der Waals surface area contributed by atoms with E-state index in [2.05, 4.69) is 42.9 Å². The lowest BCUT2D eigenvalue weighted by atomic mass is 10.1. The zero-order chi connectivity index (χ0) is 27.2. The third kappa shape index (κ3) is 4.21. The normalized spacial score (nSPS) is 16.3. The Hall–Kier alpha value is -5.19. The van der Waals surface area contributed by atoms with Crippen molar-refractivity contribution in [2.45, 2.75) is 13.0 Å². The molecular formula is C29H26N8O3. The molecule has 0 saturated carbocycles. The van der Waals surface area contributed by atoms with E-state index < -0.39 is 0 Å². The van der Waals surface area contributed by atoms with Gasteiger partial charge in [-0.25, -0.2) is 19.5 Å². The molecule has 2 aliphatic heterocycles. The molecular weight excluding hydrogens is 508 g/mol. The average molecular weight is 535 g/mol. The first-order chi connectivity index (χ1) is 19.6. The Balaban J connectivity index is 1.15. The van der Waals surface area contributed by atoms with Gasteiger partial charge in [-0.15, -0.1) is 0 Å². The van der Waals surface area contributed by atoms with E-state index in [1.807, 2.05) is 54.4 Å². The summed E-state index contributed by atoms with van der Waals surface area (Å²) in [7, 11) is 0. The van der Waals surface area contributed by atoms with Gasteiger partial charge in [-0.1, -0.05) is 6.58 Å². The van der Waals surface area contributed by atoms with Gasteiger partial charge < -0.3 is 24.6 Å². The molecule has 1 amide bonds. The maximum Gasteiger partial charge on any atom is 0.246 e. The second-order valence-corrected chi connectivity index (χ2v) is 9.84. The zero-order valence-corrected chi connectivity index (χ0v) is 21.8. The second kappa shape index (κ2) is 9.53. The van der Waals surface area contributed by atoms with Crippen LogP contribution in [-0.4, -0.2) is 67.7 Å². The van der Waals surface area contributed by atoms with Gasteiger partial charge in [0.2, 0.25) is 5.91 Å². The van der Waals surface area contributed by atoms with E-state index in [0.717, 1.165) is 45.0 Å². The number of fused-ring (bicyclic) bond motifs is 5. The zero-order valence-electron chi connectivity index (χ0n) is 21.8. The minimum absolute atomic E-state index is 0.0491. The van der Waals surface area contributed by atoms with E-state index >= 15 is 0 Å². The number of anilines is 3. The van der Waals surface area contributed by atoms with Gasteiger partial charge in [0.1, 0.15) is 42.3 Å². The first kappa shape index (κ1) is 23.9. The molecule has 40 heavy (non-hydrogen) atoms. The van der Waals surface area contributed by atoms with Crippen LogP contribution in [-0.2, 0) is 4.79 Å². The molecule has 11 nitrogen and oxygen atoms in total. The highest BCUT2D eigenvalue weighted by atomic mass is 16.5. The van der Waals surface area contributed by atoms with Crippen LogP contribution in [0.2, 0.25) is 0 Å². The van der Waals surface area contributed by atoms with Crippen molar-refractivity contribution in [1.82, 2.24) is 29.5 Å². The smallest absolute Gasteiger partial charge is 0.246 e. The Morgan fingerprint density at radius 3 is 2.92 bits per heavy atom. The van der Waals surface area contributed by atoms with Crippen molar-refractivity contribution >= 4 is 39.6 Å². The molecule has 0 spiro atoms. The van der Waals surface area contributed by atoms with E-state index in [1.54, 1.807) is 10.8 Å². The van der Waals surface area contributed by atoms with Crippen molar-refractivity contribution < 1.29 is 14.3 Å². The number of aryl methyl sites for hydroxylation is 1. The molecule has 7 rings (SSSR count). The van der Waals surface area contributed by atoms with Gasteiger partial charge in [0.05, 0.1) is 17.2 Å². The lowest BCUT2D eigenvalue weighted by Crippen LogP contribution is -2.58. The number of carbonyl (C=O) groups excluding carboxylic acids is 1. The number of benzene rings is 2. The van der Waals surface area contributed by atoms with Crippen LogP contribution < -0.4 is 19.7 Å². The van der Waals surface area contributed by atoms with Crippen LogP contribution >= 0.6 is 0 Å². The summed E-state index contributed by atoms with van der Waals surface area (Å²) in [5.74, 6) is 2.87. The topological polar surface area (TPSA) is 110 Å². The number of piperazine rings is 1. The van der Waals surface area contributed by atoms with Gasteiger partial charge in [0.15, 0.2) is 5.65 Å². The summed E-state index contributed by atoms with van der Waals surface area (Å²) in [6, 6.07) is 13.7. The van der Waals surface area contributed by atoms with Crippen LogP contribution in [0.15, 0.2) is 74.0 Å². The van der Waals surface area contributed by atoms with Crippen molar-refractivity contribution in [2.24, 2.45) is 0 Å². The molecule has 5 aromatic rings. The summed E-state index contributed by atoms with van der Waals surface area (Å²) in [6.45, 7) is 8.08. The third-order valence-corrected chi connectivity index (χ3v) is 7.34. The molecule has 5 heterocycles. The number of rotatable bonds is 5. The van der Waals surface area contributed by atoms with Crippen LogP contribution in [0, 0.1) is 6.92 Å². The van der Waals surface area contributed by atoms with Crippen LogP contribution in [0.25, 0.3) is 16.6 Å². The number of nitrogens with zero attached hydrogens (tertiary/aromatic N) is 7. The fraction of sp³-hybridized carbons (Fsp3) is 0.207.